The van der Waals surface area contributed by atoms with Crippen LogP contribution in [0, 0.1) is 10.1 Å². The lowest BCUT2D eigenvalue weighted by Crippen LogP contribution is -2.25. The smallest absolute Gasteiger partial charge is 0.269 e. The Morgan fingerprint density at radius 3 is 1.56 bits per heavy atom. The Morgan fingerprint density at radius 1 is 0.583 bits per heavy atom. The molecule has 0 atom stereocenters. The van der Waals surface area contributed by atoms with Crippen molar-refractivity contribution in [2.75, 3.05) is 18.0 Å². The van der Waals surface area contributed by atoms with Crippen molar-refractivity contribution in [3.05, 3.63) is 107 Å². The number of hydrogen-bond donors (Lipinski definition) is 0. The molecule has 1 heterocycles. The lowest BCUT2D eigenvalue weighted by atomic mass is 10.1. The zero-order chi connectivity index (χ0) is 33.4. The molecular formula is C41H51N5O2. The third-order valence-electron chi connectivity index (χ3n) is 9.33. The topological polar surface area (TPSA) is 76.0 Å². The number of benzene rings is 4. The van der Waals surface area contributed by atoms with E-state index in [0.717, 1.165) is 25.3 Å². The molecule has 0 aliphatic rings. The molecule has 0 bridgehead atoms. The number of hydrogen-bond acceptors (Lipinski definition) is 5. The molecule has 0 saturated carbocycles. The van der Waals surface area contributed by atoms with E-state index in [1.165, 1.54) is 123 Å². The largest absolute Gasteiger partial charge is 0.372 e. The van der Waals surface area contributed by atoms with Crippen molar-refractivity contribution in [3.63, 3.8) is 0 Å². The molecule has 252 valence electrons. The summed E-state index contributed by atoms with van der Waals surface area (Å²) in [5.74, 6) is 0. The Hall–Kier alpha value is -4.52. The number of aromatic nitrogens is 1. The predicted molar refractivity (Wildman–Crippen MR) is 201 cm³/mol. The molecule has 7 nitrogen and oxygen atoms in total. The van der Waals surface area contributed by atoms with Gasteiger partial charge in [-0.15, -0.1) is 0 Å². The lowest BCUT2D eigenvalue weighted by Gasteiger charge is -2.25. The summed E-state index contributed by atoms with van der Waals surface area (Å²) in [7, 11) is 0. The lowest BCUT2D eigenvalue weighted by molar-refractivity contribution is -0.384. The highest BCUT2D eigenvalue weighted by molar-refractivity contribution is 6.07. The van der Waals surface area contributed by atoms with Crippen LogP contribution in [0.1, 0.15) is 90.4 Å². The van der Waals surface area contributed by atoms with Crippen LogP contribution in [0.4, 0.5) is 22.7 Å². The van der Waals surface area contributed by atoms with Gasteiger partial charge in [-0.05, 0) is 67.8 Å². The number of para-hydroxylation sites is 2. The van der Waals surface area contributed by atoms with E-state index in [9.17, 15) is 10.1 Å². The average molecular weight is 646 g/mol. The second-order valence-corrected chi connectivity index (χ2v) is 12.9. The minimum Gasteiger partial charge on any atom is -0.372 e. The van der Waals surface area contributed by atoms with Crippen molar-refractivity contribution < 1.29 is 4.92 Å². The fourth-order valence-corrected chi connectivity index (χ4v) is 6.64. The number of azo groups is 1. The molecule has 0 amide bonds. The van der Waals surface area contributed by atoms with Gasteiger partial charge in [0.15, 0.2) is 0 Å². The van der Waals surface area contributed by atoms with Gasteiger partial charge in [0.25, 0.3) is 5.69 Å². The van der Waals surface area contributed by atoms with Gasteiger partial charge in [-0.3, -0.25) is 10.1 Å². The SMILES string of the molecule is CCCCCN(CCCCCCCCCCCCn1c2ccccc2c2ccccc21)c1ccc(N=Nc2ccc([N+](=O)[O-])cc2)cc1. The highest BCUT2D eigenvalue weighted by atomic mass is 16.6. The molecule has 4 aromatic carbocycles. The molecule has 0 aliphatic heterocycles. The Balaban J connectivity index is 0.961. The molecule has 7 heteroatoms. The van der Waals surface area contributed by atoms with E-state index >= 15 is 0 Å². The number of nitrogens with zero attached hydrogens (tertiary/aromatic N) is 5. The third-order valence-corrected chi connectivity index (χ3v) is 9.33. The number of rotatable bonds is 21. The van der Waals surface area contributed by atoms with Gasteiger partial charge in [0.2, 0.25) is 0 Å². The van der Waals surface area contributed by atoms with Crippen molar-refractivity contribution in [3.8, 4) is 0 Å². The summed E-state index contributed by atoms with van der Waals surface area (Å²) in [4.78, 5) is 13.0. The van der Waals surface area contributed by atoms with Crippen LogP contribution in [0.3, 0.4) is 0 Å². The van der Waals surface area contributed by atoms with Crippen LogP contribution in [0.5, 0.6) is 0 Å². The Morgan fingerprint density at radius 2 is 1.04 bits per heavy atom. The number of anilines is 1. The van der Waals surface area contributed by atoms with Gasteiger partial charge in [0, 0.05) is 59.3 Å². The molecule has 0 radical (unpaired) electrons. The fourth-order valence-electron chi connectivity index (χ4n) is 6.64. The zero-order valence-corrected chi connectivity index (χ0v) is 28.6. The van der Waals surface area contributed by atoms with E-state index < -0.39 is 4.92 Å². The quantitative estimate of drug-likeness (QED) is 0.0345. The number of fused-ring (bicyclic) bond motifs is 3. The predicted octanol–water partition coefficient (Wildman–Crippen LogP) is 12.7. The van der Waals surface area contributed by atoms with Crippen molar-refractivity contribution >= 4 is 44.6 Å². The van der Waals surface area contributed by atoms with E-state index in [1.54, 1.807) is 12.1 Å². The summed E-state index contributed by atoms with van der Waals surface area (Å²) in [5.41, 5.74) is 5.38. The van der Waals surface area contributed by atoms with E-state index in [1.807, 2.05) is 12.1 Å². The molecule has 0 N–H and O–H groups in total. The van der Waals surface area contributed by atoms with Crippen molar-refractivity contribution in [1.29, 1.82) is 0 Å². The van der Waals surface area contributed by atoms with Gasteiger partial charge in [0.05, 0.1) is 16.3 Å². The van der Waals surface area contributed by atoms with Crippen LogP contribution in [0.15, 0.2) is 107 Å². The Bertz CT molecular complexity index is 1670. The van der Waals surface area contributed by atoms with Crippen molar-refractivity contribution in [2.24, 2.45) is 10.2 Å². The molecule has 5 aromatic rings. The van der Waals surface area contributed by atoms with E-state index in [0.29, 0.717) is 5.69 Å². The summed E-state index contributed by atoms with van der Waals surface area (Å²) in [6, 6.07) is 32.0. The van der Waals surface area contributed by atoms with E-state index in [-0.39, 0.29) is 5.69 Å². The van der Waals surface area contributed by atoms with Crippen LogP contribution >= 0.6 is 0 Å². The maximum Gasteiger partial charge on any atom is 0.269 e. The summed E-state index contributed by atoms with van der Waals surface area (Å²) in [6.45, 7) is 5.51. The number of unbranched alkanes of at least 4 members (excludes halogenated alkanes) is 11. The maximum absolute atomic E-state index is 10.9. The second kappa shape index (κ2) is 18.7. The molecule has 0 spiro atoms. The highest BCUT2D eigenvalue weighted by Crippen LogP contribution is 2.29. The molecule has 0 aliphatic carbocycles. The first-order valence-electron chi connectivity index (χ1n) is 18.1. The van der Waals surface area contributed by atoms with Crippen molar-refractivity contribution in [2.45, 2.75) is 96.9 Å². The van der Waals surface area contributed by atoms with Crippen LogP contribution in [0.25, 0.3) is 21.8 Å². The van der Waals surface area contributed by atoms with Crippen LogP contribution in [-0.2, 0) is 6.54 Å². The zero-order valence-electron chi connectivity index (χ0n) is 28.6. The molecule has 0 unspecified atom stereocenters. The normalized spacial score (nSPS) is 11.6. The average Bonchev–Trinajstić information content (AvgIpc) is 3.44. The number of aryl methyl sites for hydroxylation is 1. The third kappa shape index (κ3) is 9.99. The number of nitro benzene ring substituents is 1. The Kier molecular flexibility index (Phi) is 13.6. The van der Waals surface area contributed by atoms with Gasteiger partial charge in [-0.25, -0.2) is 0 Å². The molecule has 48 heavy (non-hydrogen) atoms. The van der Waals surface area contributed by atoms with Gasteiger partial charge in [0.1, 0.15) is 0 Å². The molecule has 0 saturated heterocycles. The summed E-state index contributed by atoms with van der Waals surface area (Å²) in [5, 5.41) is 22.2. The summed E-state index contributed by atoms with van der Waals surface area (Å²) < 4.78 is 2.52. The maximum atomic E-state index is 10.9. The van der Waals surface area contributed by atoms with Crippen LogP contribution in [0.2, 0.25) is 0 Å². The van der Waals surface area contributed by atoms with E-state index in [2.05, 4.69) is 87.3 Å². The van der Waals surface area contributed by atoms with E-state index in [4.69, 9.17) is 0 Å². The summed E-state index contributed by atoms with van der Waals surface area (Å²) >= 11 is 0. The molecule has 0 fully saturated rings. The van der Waals surface area contributed by atoms with Gasteiger partial charge < -0.3 is 9.47 Å². The Labute approximate surface area is 285 Å². The first-order valence-corrected chi connectivity index (χ1v) is 18.1. The number of non-ortho nitro benzene ring substituents is 1. The minimum atomic E-state index is -0.412. The first kappa shape index (κ1) is 34.8. The van der Waals surface area contributed by atoms with Crippen LogP contribution < -0.4 is 4.90 Å². The molecule has 5 rings (SSSR count). The van der Waals surface area contributed by atoms with Gasteiger partial charge in [-0.2, -0.15) is 10.2 Å². The molecular weight excluding hydrogens is 594 g/mol. The fraction of sp³-hybridized carbons (Fsp3) is 0.415. The highest BCUT2D eigenvalue weighted by Gasteiger charge is 2.10. The minimum absolute atomic E-state index is 0.0512. The first-order chi connectivity index (χ1) is 23.6. The second-order valence-electron chi connectivity index (χ2n) is 12.9. The van der Waals surface area contributed by atoms with Gasteiger partial charge in [-0.1, -0.05) is 108 Å². The van der Waals surface area contributed by atoms with Gasteiger partial charge >= 0.3 is 0 Å². The van der Waals surface area contributed by atoms with Crippen LogP contribution in [-0.4, -0.2) is 22.6 Å². The standard InChI is InChI=1S/C41H51N5O2/c1-2-3-16-31-44(36-27-23-34(24-28-36)42-43-35-25-29-37(30-26-35)46(47)48)32-17-10-8-6-4-5-7-9-11-18-33-45-40-21-14-12-19-38(40)39-20-13-15-22-41(39)45/h12-15,19-30H,2-11,16-18,31-33H2,1H3. The summed E-state index contributed by atoms with van der Waals surface area (Å²) in [6.07, 6.45) is 16.8. The molecule has 1 aromatic heterocycles. The number of nitro groups is 1. The monoisotopic (exact) mass is 645 g/mol. The van der Waals surface area contributed by atoms with Crippen molar-refractivity contribution in [1.82, 2.24) is 4.57 Å².